The summed E-state index contributed by atoms with van der Waals surface area (Å²) in [7, 11) is 0. The zero-order chi connectivity index (χ0) is 14.6. The predicted octanol–water partition coefficient (Wildman–Crippen LogP) is 3.35. The molecule has 19 heavy (non-hydrogen) atoms. The molecule has 0 spiro atoms. The maximum atomic E-state index is 11.8. The number of hydrogen-bond donors (Lipinski definition) is 3. The fourth-order valence-corrected chi connectivity index (χ4v) is 1.52. The molecule has 0 aromatic heterocycles. The maximum Gasteiger partial charge on any atom is 0.337 e. The number of nitrogens with one attached hydrogen (secondary N) is 2. The number of carbonyl (C=O) groups is 2. The second kappa shape index (κ2) is 5.93. The molecule has 6 heteroatoms. The van der Waals surface area contributed by atoms with Crippen molar-refractivity contribution in [1.29, 1.82) is 0 Å². The summed E-state index contributed by atoms with van der Waals surface area (Å²) >= 11 is 5.75. The Labute approximate surface area is 117 Å². The van der Waals surface area contributed by atoms with Crippen molar-refractivity contribution in [2.24, 2.45) is 0 Å². The van der Waals surface area contributed by atoms with E-state index in [1.165, 1.54) is 12.1 Å². The third kappa shape index (κ3) is 4.44. The SMILES string of the molecule is CCC(C)(C)NC(=O)Nc1ccc(Cl)c(C(=O)O)c1. The van der Waals surface area contributed by atoms with E-state index in [4.69, 9.17) is 16.7 Å². The van der Waals surface area contributed by atoms with Crippen LogP contribution in [0.15, 0.2) is 18.2 Å². The van der Waals surface area contributed by atoms with Gasteiger partial charge >= 0.3 is 12.0 Å². The van der Waals surface area contributed by atoms with Crippen LogP contribution in [0.4, 0.5) is 10.5 Å². The van der Waals surface area contributed by atoms with Gasteiger partial charge in [-0.25, -0.2) is 9.59 Å². The van der Waals surface area contributed by atoms with Gasteiger partial charge in [-0.05, 0) is 38.5 Å². The van der Waals surface area contributed by atoms with Crippen molar-refractivity contribution in [2.45, 2.75) is 32.7 Å². The van der Waals surface area contributed by atoms with E-state index >= 15 is 0 Å². The summed E-state index contributed by atoms with van der Waals surface area (Å²) in [5, 5.41) is 14.4. The van der Waals surface area contributed by atoms with E-state index in [0.29, 0.717) is 5.69 Å². The van der Waals surface area contributed by atoms with Crippen LogP contribution in [0, 0.1) is 0 Å². The first kappa shape index (κ1) is 15.3. The molecule has 5 nitrogen and oxygen atoms in total. The normalized spacial score (nSPS) is 10.9. The lowest BCUT2D eigenvalue weighted by Crippen LogP contribution is -2.45. The summed E-state index contributed by atoms with van der Waals surface area (Å²) in [4.78, 5) is 22.7. The predicted molar refractivity (Wildman–Crippen MR) is 74.9 cm³/mol. The minimum Gasteiger partial charge on any atom is -0.478 e. The molecule has 2 amide bonds. The number of anilines is 1. The third-order valence-electron chi connectivity index (χ3n) is 2.79. The Morgan fingerprint density at radius 3 is 2.53 bits per heavy atom. The number of amides is 2. The van der Waals surface area contributed by atoms with Crippen LogP contribution in [0.5, 0.6) is 0 Å². The lowest BCUT2D eigenvalue weighted by molar-refractivity contribution is 0.0697. The highest BCUT2D eigenvalue weighted by Crippen LogP contribution is 2.20. The molecule has 1 aromatic carbocycles. The van der Waals surface area contributed by atoms with Crippen molar-refractivity contribution in [1.82, 2.24) is 5.32 Å². The lowest BCUT2D eigenvalue weighted by Gasteiger charge is -2.24. The van der Waals surface area contributed by atoms with E-state index in [2.05, 4.69) is 10.6 Å². The standard InChI is InChI=1S/C13H17ClN2O3/c1-4-13(2,3)16-12(19)15-8-5-6-10(14)9(7-8)11(17)18/h5-7H,4H2,1-3H3,(H,17,18)(H2,15,16,19). The zero-order valence-corrected chi connectivity index (χ0v) is 11.8. The van der Waals surface area contributed by atoms with Gasteiger partial charge in [0.1, 0.15) is 0 Å². The molecule has 0 saturated carbocycles. The molecular weight excluding hydrogens is 268 g/mol. The Morgan fingerprint density at radius 1 is 1.37 bits per heavy atom. The average molecular weight is 285 g/mol. The minimum atomic E-state index is -1.14. The molecule has 1 rings (SSSR count). The van der Waals surface area contributed by atoms with Gasteiger partial charge in [0.05, 0.1) is 10.6 Å². The number of aromatic carboxylic acids is 1. The third-order valence-corrected chi connectivity index (χ3v) is 3.12. The van der Waals surface area contributed by atoms with Gasteiger partial charge in [-0.2, -0.15) is 0 Å². The van der Waals surface area contributed by atoms with Crippen molar-refractivity contribution >= 4 is 29.3 Å². The number of carbonyl (C=O) groups excluding carboxylic acids is 1. The smallest absolute Gasteiger partial charge is 0.337 e. The van der Waals surface area contributed by atoms with E-state index in [-0.39, 0.29) is 22.2 Å². The molecule has 0 saturated heterocycles. The molecule has 0 radical (unpaired) electrons. The molecule has 0 aliphatic heterocycles. The molecule has 1 aromatic rings. The summed E-state index contributed by atoms with van der Waals surface area (Å²) in [5.74, 6) is -1.14. The van der Waals surface area contributed by atoms with E-state index in [1.54, 1.807) is 6.07 Å². The fraction of sp³-hybridized carbons (Fsp3) is 0.385. The quantitative estimate of drug-likeness (QED) is 0.793. The summed E-state index contributed by atoms with van der Waals surface area (Å²) in [6.45, 7) is 5.76. The van der Waals surface area contributed by atoms with Gasteiger partial charge in [-0.15, -0.1) is 0 Å². The van der Waals surface area contributed by atoms with E-state index in [0.717, 1.165) is 6.42 Å². The van der Waals surface area contributed by atoms with Gasteiger partial charge in [0.25, 0.3) is 0 Å². The molecule has 0 bridgehead atoms. The van der Waals surface area contributed by atoms with E-state index < -0.39 is 5.97 Å². The first-order chi connectivity index (χ1) is 8.75. The van der Waals surface area contributed by atoms with Crippen molar-refractivity contribution in [3.63, 3.8) is 0 Å². The highest BCUT2D eigenvalue weighted by molar-refractivity contribution is 6.33. The second-order valence-electron chi connectivity index (χ2n) is 4.82. The van der Waals surface area contributed by atoms with Gasteiger partial charge in [0.15, 0.2) is 0 Å². The first-order valence-electron chi connectivity index (χ1n) is 5.87. The van der Waals surface area contributed by atoms with Crippen molar-refractivity contribution in [3.8, 4) is 0 Å². The maximum absolute atomic E-state index is 11.8. The van der Waals surface area contributed by atoms with Crippen LogP contribution in [0.25, 0.3) is 0 Å². The van der Waals surface area contributed by atoms with Crippen LogP contribution in [0.3, 0.4) is 0 Å². The zero-order valence-electron chi connectivity index (χ0n) is 11.1. The molecule has 0 heterocycles. The van der Waals surface area contributed by atoms with Gasteiger partial charge in [0, 0.05) is 11.2 Å². The number of hydrogen-bond acceptors (Lipinski definition) is 2. The van der Waals surface area contributed by atoms with Gasteiger partial charge in [-0.1, -0.05) is 18.5 Å². The minimum absolute atomic E-state index is 0.0470. The van der Waals surface area contributed by atoms with Crippen LogP contribution < -0.4 is 10.6 Å². The summed E-state index contributed by atoms with van der Waals surface area (Å²) < 4.78 is 0. The molecule has 0 fully saturated rings. The van der Waals surface area contributed by atoms with E-state index in [9.17, 15) is 9.59 Å². The highest BCUT2D eigenvalue weighted by Gasteiger charge is 2.18. The number of carboxylic acids is 1. The van der Waals surface area contributed by atoms with Crippen molar-refractivity contribution in [2.75, 3.05) is 5.32 Å². The van der Waals surface area contributed by atoms with Gasteiger partial charge in [0.2, 0.25) is 0 Å². The number of carboxylic acid groups (broad SMARTS) is 1. The average Bonchev–Trinajstić information content (AvgIpc) is 2.30. The Kier molecular flexibility index (Phi) is 4.78. The highest BCUT2D eigenvalue weighted by atomic mass is 35.5. The van der Waals surface area contributed by atoms with Crippen LogP contribution >= 0.6 is 11.6 Å². The molecule has 0 unspecified atom stereocenters. The number of rotatable bonds is 4. The molecule has 0 aliphatic rings. The molecule has 3 N–H and O–H groups in total. The molecule has 0 aliphatic carbocycles. The number of urea groups is 1. The Hall–Kier alpha value is -1.75. The summed E-state index contributed by atoms with van der Waals surface area (Å²) in [5.41, 5.74) is 0.00648. The Morgan fingerprint density at radius 2 is 2.00 bits per heavy atom. The largest absolute Gasteiger partial charge is 0.478 e. The fourth-order valence-electron chi connectivity index (χ4n) is 1.32. The Balaban J connectivity index is 2.81. The van der Waals surface area contributed by atoms with Crippen molar-refractivity contribution in [3.05, 3.63) is 28.8 Å². The van der Waals surface area contributed by atoms with Gasteiger partial charge < -0.3 is 15.7 Å². The van der Waals surface area contributed by atoms with Crippen LogP contribution in [-0.4, -0.2) is 22.6 Å². The van der Waals surface area contributed by atoms with E-state index in [1.807, 2.05) is 20.8 Å². The lowest BCUT2D eigenvalue weighted by atomic mass is 10.0. The molecule has 0 atom stereocenters. The second-order valence-corrected chi connectivity index (χ2v) is 5.22. The number of benzene rings is 1. The van der Waals surface area contributed by atoms with Crippen LogP contribution in [-0.2, 0) is 0 Å². The number of halogens is 1. The Bertz CT molecular complexity index is 501. The summed E-state index contributed by atoms with van der Waals surface area (Å²) in [6, 6.07) is 3.92. The summed E-state index contributed by atoms with van der Waals surface area (Å²) in [6.07, 6.45) is 0.779. The van der Waals surface area contributed by atoms with Crippen LogP contribution in [0.1, 0.15) is 37.6 Å². The topological polar surface area (TPSA) is 78.4 Å². The molecular formula is C13H17ClN2O3. The van der Waals surface area contributed by atoms with Gasteiger partial charge in [-0.3, -0.25) is 0 Å². The molecule has 104 valence electrons. The first-order valence-corrected chi connectivity index (χ1v) is 6.25. The van der Waals surface area contributed by atoms with Crippen molar-refractivity contribution < 1.29 is 14.7 Å². The van der Waals surface area contributed by atoms with Crippen LogP contribution in [0.2, 0.25) is 5.02 Å². The monoisotopic (exact) mass is 284 g/mol.